The average molecular weight is 300 g/mol. The van der Waals surface area contributed by atoms with Crippen molar-refractivity contribution >= 4 is 5.97 Å². The van der Waals surface area contributed by atoms with Crippen molar-refractivity contribution in [2.45, 2.75) is 58.5 Å². The van der Waals surface area contributed by atoms with Gasteiger partial charge in [-0.1, -0.05) is 50.6 Å². The SMILES string of the molecule is CC(CCc1ccccc1)CCC1C(C)CC2OC(=O)CC21. The Morgan fingerprint density at radius 2 is 2.00 bits per heavy atom. The van der Waals surface area contributed by atoms with E-state index in [9.17, 15) is 4.79 Å². The van der Waals surface area contributed by atoms with Gasteiger partial charge < -0.3 is 4.74 Å². The maximum atomic E-state index is 11.5. The molecule has 0 aromatic heterocycles. The fourth-order valence-corrected chi connectivity index (χ4v) is 4.42. The van der Waals surface area contributed by atoms with Crippen molar-refractivity contribution in [3.63, 3.8) is 0 Å². The molecular formula is C20H28O2. The summed E-state index contributed by atoms with van der Waals surface area (Å²) < 4.78 is 5.46. The van der Waals surface area contributed by atoms with Gasteiger partial charge in [-0.05, 0) is 49.0 Å². The highest BCUT2D eigenvalue weighted by molar-refractivity contribution is 5.72. The molecule has 2 nitrogen and oxygen atoms in total. The molecule has 2 aliphatic rings. The van der Waals surface area contributed by atoms with Gasteiger partial charge in [0.25, 0.3) is 0 Å². The molecule has 3 rings (SSSR count). The molecule has 0 bridgehead atoms. The first-order valence-electron chi connectivity index (χ1n) is 8.87. The van der Waals surface area contributed by atoms with Crippen LogP contribution in [-0.4, -0.2) is 12.1 Å². The fourth-order valence-electron chi connectivity index (χ4n) is 4.42. The van der Waals surface area contributed by atoms with Gasteiger partial charge in [-0.15, -0.1) is 0 Å². The summed E-state index contributed by atoms with van der Waals surface area (Å²) in [5.41, 5.74) is 1.44. The molecule has 0 spiro atoms. The van der Waals surface area contributed by atoms with Gasteiger partial charge in [0.05, 0.1) is 6.42 Å². The van der Waals surface area contributed by atoms with E-state index in [1.165, 1.54) is 31.2 Å². The number of carbonyl (C=O) groups excluding carboxylic acids is 1. The third kappa shape index (κ3) is 3.53. The molecule has 1 saturated carbocycles. The predicted octanol–water partition coefficient (Wildman–Crippen LogP) is 4.62. The van der Waals surface area contributed by atoms with Crippen LogP contribution in [0.2, 0.25) is 0 Å². The van der Waals surface area contributed by atoms with Crippen LogP contribution < -0.4 is 0 Å². The smallest absolute Gasteiger partial charge is 0.306 e. The number of fused-ring (bicyclic) bond motifs is 1. The number of ether oxygens (including phenoxy) is 1. The van der Waals surface area contributed by atoms with Gasteiger partial charge in [0.2, 0.25) is 0 Å². The Labute approximate surface area is 134 Å². The van der Waals surface area contributed by atoms with E-state index in [-0.39, 0.29) is 12.1 Å². The first-order chi connectivity index (χ1) is 10.6. The Morgan fingerprint density at radius 1 is 1.23 bits per heavy atom. The second-order valence-corrected chi connectivity index (χ2v) is 7.48. The topological polar surface area (TPSA) is 26.3 Å². The van der Waals surface area contributed by atoms with Crippen LogP contribution in [0.15, 0.2) is 30.3 Å². The standard InChI is InChI=1S/C20H28O2/c1-14(8-10-16-6-4-3-5-7-16)9-11-17-15(2)12-19-18(17)13-20(21)22-19/h3-7,14-15,17-19H,8-13H2,1-2H3. The van der Waals surface area contributed by atoms with E-state index in [0.29, 0.717) is 24.2 Å². The van der Waals surface area contributed by atoms with Gasteiger partial charge in [-0.2, -0.15) is 0 Å². The van der Waals surface area contributed by atoms with Crippen molar-refractivity contribution in [1.82, 2.24) is 0 Å². The molecular weight excluding hydrogens is 272 g/mol. The van der Waals surface area contributed by atoms with Crippen LogP contribution in [0.1, 0.15) is 51.5 Å². The zero-order valence-corrected chi connectivity index (χ0v) is 13.8. The molecule has 120 valence electrons. The van der Waals surface area contributed by atoms with Crippen molar-refractivity contribution in [2.75, 3.05) is 0 Å². The first-order valence-corrected chi connectivity index (χ1v) is 8.87. The molecule has 1 saturated heterocycles. The summed E-state index contributed by atoms with van der Waals surface area (Å²) in [5, 5.41) is 0. The number of benzene rings is 1. The summed E-state index contributed by atoms with van der Waals surface area (Å²) in [5.74, 6) is 2.69. The van der Waals surface area contributed by atoms with Crippen LogP contribution in [0.4, 0.5) is 0 Å². The number of hydrogen-bond acceptors (Lipinski definition) is 2. The molecule has 22 heavy (non-hydrogen) atoms. The van der Waals surface area contributed by atoms with Crippen LogP contribution in [0.5, 0.6) is 0 Å². The first kappa shape index (κ1) is 15.6. The quantitative estimate of drug-likeness (QED) is 0.716. The summed E-state index contributed by atoms with van der Waals surface area (Å²) in [6.45, 7) is 4.71. The largest absolute Gasteiger partial charge is 0.462 e. The molecule has 0 amide bonds. The van der Waals surface area contributed by atoms with Crippen molar-refractivity contribution in [1.29, 1.82) is 0 Å². The highest BCUT2D eigenvalue weighted by Gasteiger charge is 2.47. The Hall–Kier alpha value is -1.31. The van der Waals surface area contributed by atoms with Crippen LogP contribution in [0.25, 0.3) is 0 Å². The average Bonchev–Trinajstić information content (AvgIpc) is 2.99. The minimum atomic E-state index is 0.0315. The second-order valence-electron chi connectivity index (χ2n) is 7.48. The highest BCUT2D eigenvalue weighted by Crippen LogP contribution is 2.47. The molecule has 1 aromatic carbocycles. The van der Waals surface area contributed by atoms with E-state index < -0.39 is 0 Å². The summed E-state index contributed by atoms with van der Waals surface area (Å²) in [6.07, 6.45) is 6.95. The van der Waals surface area contributed by atoms with Gasteiger partial charge in [-0.3, -0.25) is 4.79 Å². The molecule has 0 radical (unpaired) electrons. The van der Waals surface area contributed by atoms with Gasteiger partial charge in [0, 0.05) is 5.92 Å². The molecule has 2 heteroatoms. The lowest BCUT2D eigenvalue weighted by molar-refractivity contribution is -0.141. The molecule has 5 atom stereocenters. The van der Waals surface area contributed by atoms with Gasteiger partial charge in [0.15, 0.2) is 0 Å². The van der Waals surface area contributed by atoms with Crippen molar-refractivity contribution in [3.8, 4) is 0 Å². The Kier molecular flexibility index (Phi) is 4.85. The van der Waals surface area contributed by atoms with Gasteiger partial charge >= 0.3 is 5.97 Å². The van der Waals surface area contributed by atoms with E-state index in [1.807, 2.05) is 0 Å². The summed E-state index contributed by atoms with van der Waals surface area (Å²) in [6, 6.07) is 10.8. The van der Waals surface area contributed by atoms with Gasteiger partial charge in [-0.25, -0.2) is 0 Å². The molecule has 1 aliphatic heterocycles. The lowest BCUT2D eigenvalue weighted by Crippen LogP contribution is -2.16. The normalized spacial score (nSPS) is 31.8. The number of carbonyl (C=O) groups is 1. The van der Waals surface area contributed by atoms with Crippen LogP contribution in [0, 0.1) is 23.7 Å². The summed E-state index contributed by atoms with van der Waals surface area (Å²) >= 11 is 0. The zero-order valence-electron chi connectivity index (χ0n) is 13.8. The van der Waals surface area contributed by atoms with E-state index in [4.69, 9.17) is 4.74 Å². The minimum absolute atomic E-state index is 0.0315. The number of rotatable bonds is 6. The van der Waals surface area contributed by atoms with Gasteiger partial charge in [0.1, 0.15) is 6.10 Å². The second kappa shape index (κ2) is 6.85. The Bertz CT molecular complexity index is 496. The van der Waals surface area contributed by atoms with Crippen molar-refractivity contribution in [2.24, 2.45) is 23.7 Å². The van der Waals surface area contributed by atoms with Crippen LogP contribution in [-0.2, 0) is 16.0 Å². The number of aryl methyl sites for hydroxylation is 1. The van der Waals surface area contributed by atoms with Crippen molar-refractivity contribution in [3.05, 3.63) is 35.9 Å². The van der Waals surface area contributed by atoms with E-state index in [2.05, 4.69) is 44.2 Å². The summed E-state index contributed by atoms with van der Waals surface area (Å²) in [7, 11) is 0. The van der Waals surface area contributed by atoms with Crippen molar-refractivity contribution < 1.29 is 9.53 Å². The lowest BCUT2D eigenvalue weighted by atomic mass is 9.82. The molecule has 1 aromatic rings. The number of esters is 1. The number of hydrogen-bond donors (Lipinski definition) is 0. The highest BCUT2D eigenvalue weighted by atomic mass is 16.6. The monoisotopic (exact) mass is 300 g/mol. The Morgan fingerprint density at radius 3 is 2.77 bits per heavy atom. The predicted molar refractivity (Wildman–Crippen MR) is 88.4 cm³/mol. The maximum Gasteiger partial charge on any atom is 0.306 e. The summed E-state index contributed by atoms with van der Waals surface area (Å²) in [4.78, 5) is 11.5. The van der Waals surface area contributed by atoms with E-state index in [1.54, 1.807) is 0 Å². The molecule has 0 N–H and O–H groups in total. The zero-order chi connectivity index (χ0) is 15.5. The minimum Gasteiger partial charge on any atom is -0.462 e. The molecule has 1 heterocycles. The van der Waals surface area contributed by atoms with Crippen LogP contribution in [0.3, 0.4) is 0 Å². The lowest BCUT2D eigenvalue weighted by Gasteiger charge is -2.22. The fraction of sp³-hybridized carbons (Fsp3) is 0.650. The molecule has 2 fully saturated rings. The Balaban J connectivity index is 1.44. The van der Waals surface area contributed by atoms with E-state index in [0.717, 1.165) is 12.3 Å². The third-order valence-electron chi connectivity index (χ3n) is 5.81. The molecule has 5 unspecified atom stereocenters. The molecule has 1 aliphatic carbocycles. The van der Waals surface area contributed by atoms with E-state index >= 15 is 0 Å². The van der Waals surface area contributed by atoms with Crippen LogP contribution >= 0.6 is 0 Å². The third-order valence-corrected chi connectivity index (χ3v) is 5.81. The maximum absolute atomic E-state index is 11.5.